The summed E-state index contributed by atoms with van der Waals surface area (Å²) < 4.78 is 75.9. The molecule has 1 aromatic carbocycles. The van der Waals surface area contributed by atoms with Gasteiger partial charge in [0.1, 0.15) is 11.4 Å². The SMILES string of the molecule is Cc1cc(-c2nnc(NC3CC(O)(COS(C)(=O)=O)C3)o2)nc2c(C(C)(C)C)cc(OCC(F)(F)F)cc12. The number of ether oxygens (including phenoxy) is 1. The predicted molar refractivity (Wildman–Crippen MR) is 132 cm³/mol. The number of pyridine rings is 1. The second kappa shape index (κ2) is 9.65. The second-order valence-corrected chi connectivity index (χ2v) is 12.3. The summed E-state index contributed by atoms with van der Waals surface area (Å²) in [6.07, 6.45) is -3.10. The zero-order valence-corrected chi connectivity index (χ0v) is 22.3. The van der Waals surface area contributed by atoms with Crippen LogP contribution in [-0.2, 0) is 19.7 Å². The molecule has 38 heavy (non-hydrogen) atoms. The van der Waals surface area contributed by atoms with Crippen molar-refractivity contribution in [3.8, 4) is 17.3 Å². The van der Waals surface area contributed by atoms with Gasteiger partial charge in [-0.15, -0.1) is 5.10 Å². The first-order valence-corrected chi connectivity index (χ1v) is 13.6. The van der Waals surface area contributed by atoms with Crippen molar-refractivity contribution in [1.29, 1.82) is 0 Å². The van der Waals surface area contributed by atoms with Crippen molar-refractivity contribution < 1.29 is 40.0 Å². The number of aliphatic hydroxyl groups is 1. The lowest BCUT2D eigenvalue weighted by Gasteiger charge is -2.42. The maximum Gasteiger partial charge on any atom is 0.422 e. The van der Waals surface area contributed by atoms with Crippen LogP contribution in [0.15, 0.2) is 22.6 Å². The number of nitrogens with zero attached hydrogens (tertiary/aromatic N) is 3. The lowest BCUT2D eigenvalue weighted by molar-refractivity contribution is -0.153. The maximum absolute atomic E-state index is 12.7. The van der Waals surface area contributed by atoms with Gasteiger partial charge in [0.2, 0.25) is 0 Å². The number of halogens is 3. The lowest BCUT2D eigenvalue weighted by atomic mass is 9.76. The topological polar surface area (TPSA) is 137 Å². The summed E-state index contributed by atoms with van der Waals surface area (Å²) in [5.74, 6) is 0.230. The van der Waals surface area contributed by atoms with E-state index < -0.39 is 33.9 Å². The molecule has 208 valence electrons. The normalized spacial score (nSPS) is 20.4. The van der Waals surface area contributed by atoms with Crippen LogP contribution in [0.25, 0.3) is 22.5 Å². The molecule has 0 atom stereocenters. The van der Waals surface area contributed by atoms with Crippen molar-refractivity contribution in [2.24, 2.45) is 0 Å². The number of hydrogen-bond acceptors (Lipinski definition) is 10. The fourth-order valence-corrected chi connectivity index (χ4v) is 4.68. The van der Waals surface area contributed by atoms with Gasteiger partial charge in [0, 0.05) is 11.4 Å². The highest BCUT2D eigenvalue weighted by Crippen LogP contribution is 2.37. The number of anilines is 1. The molecule has 1 saturated carbocycles. The molecule has 0 aliphatic heterocycles. The van der Waals surface area contributed by atoms with Gasteiger partial charge >= 0.3 is 12.2 Å². The van der Waals surface area contributed by atoms with Crippen molar-refractivity contribution in [3.05, 3.63) is 29.3 Å². The molecule has 1 aliphatic carbocycles. The Morgan fingerprint density at radius 3 is 2.47 bits per heavy atom. The average Bonchev–Trinajstić information content (AvgIpc) is 3.22. The molecule has 1 aliphatic rings. The zero-order valence-electron chi connectivity index (χ0n) is 21.5. The highest BCUT2D eigenvalue weighted by molar-refractivity contribution is 7.85. The summed E-state index contributed by atoms with van der Waals surface area (Å²) in [5, 5.41) is 22.0. The number of hydrogen-bond donors (Lipinski definition) is 2. The van der Waals surface area contributed by atoms with Crippen LogP contribution in [0.4, 0.5) is 19.2 Å². The van der Waals surface area contributed by atoms with Gasteiger partial charge in [0.25, 0.3) is 16.0 Å². The van der Waals surface area contributed by atoms with E-state index >= 15 is 0 Å². The molecule has 3 aromatic rings. The molecule has 1 fully saturated rings. The number of rotatable bonds is 8. The third-order valence-corrected chi connectivity index (χ3v) is 6.62. The largest absolute Gasteiger partial charge is 0.484 e. The monoisotopic (exact) mass is 558 g/mol. The molecule has 0 amide bonds. The van der Waals surface area contributed by atoms with E-state index in [0.717, 1.165) is 11.8 Å². The van der Waals surface area contributed by atoms with Crippen molar-refractivity contribution >= 4 is 27.0 Å². The number of alkyl halides is 3. The molecule has 0 bridgehead atoms. The summed E-state index contributed by atoms with van der Waals surface area (Å²) in [5.41, 5.74) is 0.658. The Labute approximate surface area is 217 Å². The number of fused-ring (bicyclic) bond motifs is 1. The fourth-order valence-electron chi connectivity index (χ4n) is 4.25. The minimum atomic E-state index is -4.46. The molecular weight excluding hydrogens is 529 g/mol. The van der Waals surface area contributed by atoms with Gasteiger partial charge in [-0.3, -0.25) is 4.18 Å². The van der Waals surface area contributed by atoms with Crippen LogP contribution in [0.2, 0.25) is 0 Å². The Bertz CT molecular complexity index is 1440. The van der Waals surface area contributed by atoms with Crippen molar-refractivity contribution in [2.75, 3.05) is 24.8 Å². The molecule has 4 rings (SSSR count). The molecular formula is C24H29F3N4O6S. The van der Waals surface area contributed by atoms with Gasteiger partial charge < -0.3 is 19.6 Å². The van der Waals surface area contributed by atoms with Gasteiger partial charge in [-0.25, -0.2) is 4.98 Å². The summed E-state index contributed by atoms with van der Waals surface area (Å²) in [4.78, 5) is 4.70. The Morgan fingerprint density at radius 1 is 1.18 bits per heavy atom. The van der Waals surface area contributed by atoms with E-state index in [1.54, 1.807) is 19.1 Å². The van der Waals surface area contributed by atoms with Crippen LogP contribution in [0, 0.1) is 6.92 Å². The first kappa shape index (κ1) is 28.0. The third kappa shape index (κ3) is 6.72. The van der Waals surface area contributed by atoms with E-state index in [-0.39, 0.29) is 43.1 Å². The predicted octanol–water partition coefficient (Wildman–Crippen LogP) is 4.11. The molecule has 0 spiro atoms. The summed E-state index contributed by atoms with van der Waals surface area (Å²) in [6.45, 7) is 5.85. The zero-order chi connectivity index (χ0) is 28.1. The van der Waals surface area contributed by atoms with E-state index in [9.17, 15) is 26.7 Å². The summed E-state index contributed by atoms with van der Waals surface area (Å²) in [7, 11) is -3.66. The molecule has 2 heterocycles. The first-order chi connectivity index (χ1) is 17.4. The Hall–Kier alpha value is -2.97. The number of nitrogens with one attached hydrogen (secondary N) is 1. The Morgan fingerprint density at radius 2 is 1.87 bits per heavy atom. The maximum atomic E-state index is 12.7. The van der Waals surface area contributed by atoms with E-state index in [1.807, 2.05) is 20.8 Å². The van der Waals surface area contributed by atoms with Crippen molar-refractivity contribution in [2.45, 2.75) is 63.8 Å². The number of aryl methyl sites for hydroxylation is 1. The van der Waals surface area contributed by atoms with Gasteiger partial charge in [-0.1, -0.05) is 25.9 Å². The highest BCUT2D eigenvalue weighted by Gasteiger charge is 2.44. The average molecular weight is 559 g/mol. The second-order valence-electron chi connectivity index (χ2n) is 10.7. The molecule has 2 N–H and O–H groups in total. The molecule has 0 saturated heterocycles. The van der Waals surface area contributed by atoms with Gasteiger partial charge in [0.05, 0.1) is 24.0 Å². The van der Waals surface area contributed by atoms with E-state index in [4.69, 9.17) is 14.1 Å². The van der Waals surface area contributed by atoms with E-state index in [1.165, 1.54) is 6.07 Å². The van der Waals surface area contributed by atoms with Gasteiger partial charge in [-0.2, -0.15) is 21.6 Å². The van der Waals surface area contributed by atoms with Gasteiger partial charge in [-0.05, 0) is 54.5 Å². The standard InChI is InChI=1S/C24H29F3N4O6S/c1-13-6-18(20-30-31-21(37-20)28-14-9-23(32,10-14)11-36-38(5,33)34)29-19-16(13)7-15(35-12-24(25,26)27)8-17(19)22(2,3)4/h6-8,14,32H,9-12H2,1-5H3,(H,28,31). The van der Waals surface area contributed by atoms with E-state index in [0.29, 0.717) is 22.2 Å². The van der Waals surface area contributed by atoms with Crippen LogP contribution >= 0.6 is 0 Å². The Kier molecular flexibility index (Phi) is 7.12. The quantitative estimate of drug-likeness (QED) is 0.389. The van der Waals surface area contributed by atoms with Crippen molar-refractivity contribution in [1.82, 2.24) is 15.2 Å². The van der Waals surface area contributed by atoms with Crippen LogP contribution < -0.4 is 10.1 Å². The van der Waals surface area contributed by atoms with Gasteiger partial charge in [0.15, 0.2) is 6.61 Å². The molecule has 10 nitrogen and oxygen atoms in total. The number of benzene rings is 1. The number of aromatic nitrogens is 3. The van der Waals surface area contributed by atoms with Crippen LogP contribution in [0.5, 0.6) is 5.75 Å². The van der Waals surface area contributed by atoms with E-state index in [2.05, 4.69) is 19.7 Å². The molecule has 14 heteroatoms. The molecule has 0 radical (unpaired) electrons. The first-order valence-electron chi connectivity index (χ1n) is 11.7. The summed E-state index contributed by atoms with van der Waals surface area (Å²) >= 11 is 0. The minimum Gasteiger partial charge on any atom is -0.484 e. The molecule has 2 aromatic heterocycles. The van der Waals surface area contributed by atoms with Crippen LogP contribution in [0.1, 0.15) is 44.7 Å². The molecule has 0 unspecified atom stereocenters. The lowest BCUT2D eigenvalue weighted by Crippen LogP contribution is -2.53. The summed E-state index contributed by atoms with van der Waals surface area (Å²) in [6, 6.07) is 4.67. The third-order valence-electron chi connectivity index (χ3n) is 6.07. The Balaban J connectivity index is 1.56. The van der Waals surface area contributed by atoms with Crippen LogP contribution in [0.3, 0.4) is 0 Å². The van der Waals surface area contributed by atoms with Crippen molar-refractivity contribution in [3.63, 3.8) is 0 Å². The smallest absolute Gasteiger partial charge is 0.422 e. The van der Waals surface area contributed by atoms with Crippen LogP contribution in [-0.4, -0.2) is 66.0 Å². The highest BCUT2D eigenvalue weighted by atomic mass is 32.2. The minimum absolute atomic E-state index is 0.0996. The fraction of sp³-hybridized carbons (Fsp3) is 0.542.